The van der Waals surface area contributed by atoms with Crippen LogP contribution in [-0.4, -0.2) is 26.8 Å². The number of hydrogen-bond acceptors (Lipinski definition) is 8. The number of nitrogens with one attached hydrogen (secondary N) is 1. The van der Waals surface area contributed by atoms with Gasteiger partial charge >= 0.3 is 6.18 Å². The summed E-state index contributed by atoms with van der Waals surface area (Å²) >= 11 is 3.70. The maximum atomic E-state index is 12.5. The highest BCUT2D eigenvalue weighted by molar-refractivity contribution is 8.00. The van der Waals surface area contributed by atoms with Gasteiger partial charge < -0.3 is 0 Å². The van der Waals surface area contributed by atoms with Gasteiger partial charge in [-0.25, -0.2) is 4.98 Å². The molecule has 1 amide bonds. The largest absolute Gasteiger partial charge is 0.417 e. The average molecular weight is 468 g/mol. The SMILES string of the molecule is N#Cc1ccc(CSc2nnc(NC(=O)CSc3ccc(C(F)(F)F)cn3)s2)cc1. The topological polar surface area (TPSA) is 91.6 Å². The molecule has 30 heavy (non-hydrogen) atoms. The van der Waals surface area contributed by atoms with Crippen LogP contribution in [0.5, 0.6) is 0 Å². The van der Waals surface area contributed by atoms with Crippen LogP contribution in [0.15, 0.2) is 52.0 Å². The third kappa shape index (κ3) is 6.45. The molecule has 1 aromatic carbocycles. The fraction of sp³-hybridized carbons (Fsp3) is 0.167. The Hall–Kier alpha value is -2.62. The number of rotatable bonds is 7. The first-order chi connectivity index (χ1) is 14.3. The van der Waals surface area contributed by atoms with Gasteiger partial charge in [-0.05, 0) is 29.8 Å². The molecule has 154 valence electrons. The molecule has 0 spiro atoms. The minimum Gasteiger partial charge on any atom is -0.300 e. The number of carbonyl (C=O) groups excluding carboxylic acids is 1. The maximum Gasteiger partial charge on any atom is 0.417 e. The van der Waals surface area contributed by atoms with E-state index in [1.54, 1.807) is 12.1 Å². The lowest BCUT2D eigenvalue weighted by atomic mass is 10.2. The van der Waals surface area contributed by atoms with Crippen molar-refractivity contribution < 1.29 is 18.0 Å². The van der Waals surface area contributed by atoms with Crippen molar-refractivity contribution in [2.75, 3.05) is 11.1 Å². The van der Waals surface area contributed by atoms with Gasteiger partial charge in [0.25, 0.3) is 0 Å². The second-order valence-corrected chi connectivity index (χ2v) is 8.89. The summed E-state index contributed by atoms with van der Waals surface area (Å²) in [5.74, 6) is 0.261. The molecule has 0 saturated carbocycles. The molecule has 6 nitrogen and oxygen atoms in total. The fourth-order valence-electron chi connectivity index (χ4n) is 2.07. The molecule has 0 fully saturated rings. The molecule has 3 aromatic rings. The number of nitriles is 1. The maximum absolute atomic E-state index is 12.5. The first-order valence-electron chi connectivity index (χ1n) is 8.25. The Balaban J connectivity index is 1.45. The monoisotopic (exact) mass is 467 g/mol. The number of pyridine rings is 1. The second-order valence-electron chi connectivity index (χ2n) is 5.69. The quantitative estimate of drug-likeness (QED) is 0.392. The Morgan fingerprint density at radius 1 is 1.13 bits per heavy atom. The summed E-state index contributed by atoms with van der Waals surface area (Å²) in [6.45, 7) is 0. The second kappa shape index (κ2) is 9.92. The van der Waals surface area contributed by atoms with Crippen molar-refractivity contribution in [3.05, 3.63) is 59.3 Å². The normalized spacial score (nSPS) is 11.1. The molecule has 2 heterocycles. The Morgan fingerprint density at radius 3 is 2.53 bits per heavy atom. The molecule has 0 atom stereocenters. The van der Waals surface area contributed by atoms with E-state index in [1.807, 2.05) is 12.1 Å². The highest BCUT2D eigenvalue weighted by Crippen LogP contribution is 2.30. The summed E-state index contributed by atoms with van der Waals surface area (Å²) in [4.78, 5) is 15.7. The third-order valence-electron chi connectivity index (χ3n) is 3.51. The van der Waals surface area contributed by atoms with Gasteiger partial charge in [0.2, 0.25) is 11.0 Å². The molecular formula is C18H12F3N5OS3. The molecule has 0 bridgehead atoms. The number of nitrogens with zero attached hydrogens (tertiary/aromatic N) is 4. The van der Waals surface area contributed by atoms with Crippen LogP contribution < -0.4 is 5.32 Å². The number of alkyl halides is 3. The van der Waals surface area contributed by atoms with Crippen LogP contribution >= 0.6 is 34.9 Å². The molecule has 0 unspecified atom stereocenters. The van der Waals surface area contributed by atoms with Crippen molar-refractivity contribution in [3.8, 4) is 6.07 Å². The number of carbonyl (C=O) groups is 1. The summed E-state index contributed by atoms with van der Waals surface area (Å²) in [5, 5.41) is 20.0. The zero-order valence-electron chi connectivity index (χ0n) is 15.0. The van der Waals surface area contributed by atoms with Crippen LogP contribution in [-0.2, 0) is 16.7 Å². The highest BCUT2D eigenvalue weighted by atomic mass is 32.2. The van der Waals surface area contributed by atoms with Crippen LogP contribution in [0.2, 0.25) is 0 Å². The number of amides is 1. The van der Waals surface area contributed by atoms with Gasteiger partial charge in [0.1, 0.15) is 0 Å². The first-order valence-corrected chi connectivity index (χ1v) is 11.0. The summed E-state index contributed by atoms with van der Waals surface area (Å²) < 4.78 is 38.2. The van der Waals surface area contributed by atoms with Crippen molar-refractivity contribution in [1.29, 1.82) is 5.26 Å². The van der Waals surface area contributed by atoms with Crippen LogP contribution in [0.4, 0.5) is 18.3 Å². The third-order valence-corrected chi connectivity index (χ3v) is 6.50. The number of anilines is 1. The van der Waals surface area contributed by atoms with Crippen LogP contribution in [0, 0.1) is 11.3 Å². The molecule has 0 aliphatic rings. The van der Waals surface area contributed by atoms with Crippen molar-refractivity contribution in [1.82, 2.24) is 15.2 Å². The predicted octanol–water partition coefficient (Wildman–Crippen LogP) is 4.85. The van der Waals surface area contributed by atoms with Crippen molar-refractivity contribution in [2.24, 2.45) is 0 Å². The number of hydrogen-bond donors (Lipinski definition) is 1. The highest BCUT2D eigenvalue weighted by Gasteiger charge is 2.30. The molecule has 12 heteroatoms. The van der Waals surface area contributed by atoms with Gasteiger partial charge in [0.15, 0.2) is 4.34 Å². The molecular weight excluding hydrogens is 455 g/mol. The number of aromatic nitrogens is 3. The Kier molecular flexibility index (Phi) is 7.30. The minimum atomic E-state index is -4.44. The van der Waals surface area contributed by atoms with E-state index in [0.717, 1.165) is 29.6 Å². The van der Waals surface area contributed by atoms with Crippen molar-refractivity contribution in [2.45, 2.75) is 21.3 Å². The van der Waals surface area contributed by atoms with E-state index in [0.29, 0.717) is 25.8 Å². The van der Waals surface area contributed by atoms with Gasteiger partial charge in [-0.1, -0.05) is 47.0 Å². The van der Waals surface area contributed by atoms with Crippen molar-refractivity contribution >= 4 is 45.9 Å². The van der Waals surface area contributed by atoms with Crippen molar-refractivity contribution in [3.63, 3.8) is 0 Å². The Labute approximate surface area is 181 Å². The van der Waals surface area contributed by atoms with E-state index >= 15 is 0 Å². The molecule has 1 N–H and O–H groups in total. The smallest absolute Gasteiger partial charge is 0.300 e. The van der Waals surface area contributed by atoms with Gasteiger partial charge in [-0.2, -0.15) is 18.4 Å². The molecule has 0 aliphatic carbocycles. The van der Waals surface area contributed by atoms with Gasteiger partial charge in [0, 0.05) is 11.9 Å². The van der Waals surface area contributed by atoms with E-state index in [2.05, 4.69) is 26.6 Å². The molecule has 0 saturated heterocycles. The summed E-state index contributed by atoms with van der Waals surface area (Å²) in [7, 11) is 0. The molecule has 0 radical (unpaired) electrons. The summed E-state index contributed by atoms with van der Waals surface area (Å²) in [5.41, 5.74) is 0.783. The van der Waals surface area contributed by atoms with Gasteiger partial charge in [0.05, 0.1) is 28.0 Å². The summed E-state index contributed by atoms with van der Waals surface area (Å²) in [6.07, 6.45) is -3.70. The van der Waals surface area contributed by atoms with E-state index in [4.69, 9.17) is 5.26 Å². The average Bonchev–Trinajstić information content (AvgIpc) is 3.18. The van der Waals surface area contributed by atoms with Crippen LogP contribution in [0.25, 0.3) is 0 Å². The van der Waals surface area contributed by atoms with E-state index in [9.17, 15) is 18.0 Å². The minimum absolute atomic E-state index is 0.0222. The van der Waals surface area contributed by atoms with E-state index < -0.39 is 11.7 Å². The zero-order chi connectivity index (χ0) is 21.6. The van der Waals surface area contributed by atoms with E-state index in [-0.39, 0.29) is 11.7 Å². The number of benzene rings is 1. The predicted molar refractivity (Wildman–Crippen MR) is 109 cm³/mol. The molecule has 2 aromatic heterocycles. The number of thioether (sulfide) groups is 2. The molecule has 0 aliphatic heterocycles. The van der Waals surface area contributed by atoms with Crippen LogP contribution in [0.1, 0.15) is 16.7 Å². The fourth-order valence-corrected chi connectivity index (χ4v) is 4.43. The standard InChI is InChI=1S/C18H12F3N5OS3/c19-18(20,21)13-5-6-15(23-8-13)28-10-14(27)24-16-25-26-17(30-16)29-9-12-3-1-11(7-22)2-4-12/h1-6,8H,9-10H2,(H,24,25,27). The lowest BCUT2D eigenvalue weighted by Crippen LogP contribution is -2.14. The Bertz CT molecular complexity index is 1050. The molecule has 3 rings (SSSR count). The lowest BCUT2D eigenvalue weighted by molar-refractivity contribution is -0.137. The number of halogens is 3. The summed E-state index contributed by atoms with van der Waals surface area (Å²) in [6, 6.07) is 11.4. The Morgan fingerprint density at radius 2 is 1.90 bits per heavy atom. The van der Waals surface area contributed by atoms with Gasteiger partial charge in [-0.3, -0.25) is 10.1 Å². The van der Waals surface area contributed by atoms with E-state index in [1.165, 1.54) is 29.2 Å². The first kappa shape index (κ1) is 22.1. The van der Waals surface area contributed by atoms with Gasteiger partial charge in [-0.15, -0.1) is 10.2 Å². The van der Waals surface area contributed by atoms with Crippen LogP contribution in [0.3, 0.4) is 0 Å². The lowest BCUT2D eigenvalue weighted by Gasteiger charge is -2.06. The zero-order valence-corrected chi connectivity index (χ0v) is 17.5.